The first-order valence-electron chi connectivity index (χ1n) is 14.0. The van der Waals surface area contributed by atoms with Crippen molar-refractivity contribution < 1.29 is 14.3 Å². The van der Waals surface area contributed by atoms with Crippen molar-refractivity contribution >= 4 is 40.9 Å². The molecule has 1 aromatic heterocycles. The van der Waals surface area contributed by atoms with E-state index in [0.29, 0.717) is 57.8 Å². The molecule has 1 atom stereocenters. The standard InChI is InChI=1S/C32H34ClN5O3S/c1-4-6-18-42-32-36-31-34-21(3)28(30(39)35-26-16-9-10-17-27(26)40-5-2)29(38(31)37-32)22-13-11-14-24(19-22)41-20-23-12-7-8-15-25(23)33/h7-17,19,29H,4-6,18,20H2,1-3H3,(H,35,39)(H,34,36,37). The van der Waals surface area contributed by atoms with Gasteiger partial charge in [-0.15, -0.1) is 5.10 Å². The number of thioether (sulfide) groups is 1. The van der Waals surface area contributed by atoms with Gasteiger partial charge in [0.25, 0.3) is 5.91 Å². The van der Waals surface area contributed by atoms with Gasteiger partial charge in [0.05, 0.1) is 17.9 Å². The van der Waals surface area contributed by atoms with Crippen LogP contribution in [0.15, 0.2) is 89.2 Å². The van der Waals surface area contributed by atoms with Crippen molar-refractivity contribution in [2.24, 2.45) is 0 Å². The summed E-state index contributed by atoms with van der Waals surface area (Å²) in [6, 6.07) is 22.2. The van der Waals surface area contributed by atoms with Gasteiger partial charge >= 0.3 is 0 Å². The van der Waals surface area contributed by atoms with Crippen LogP contribution in [0.2, 0.25) is 5.02 Å². The second-order valence-corrected chi connectivity index (χ2v) is 11.2. The third kappa shape index (κ3) is 6.74. The fourth-order valence-electron chi connectivity index (χ4n) is 4.69. The van der Waals surface area contributed by atoms with E-state index in [-0.39, 0.29) is 5.91 Å². The number of fused-ring (bicyclic) bond motifs is 1. The molecule has 10 heteroatoms. The number of aromatic nitrogens is 3. The Labute approximate surface area is 255 Å². The maximum Gasteiger partial charge on any atom is 0.255 e. The molecule has 4 aromatic rings. The van der Waals surface area contributed by atoms with Gasteiger partial charge in [-0.25, -0.2) is 4.68 Å². The zero-order valence-corrected chi connectivity index (χ0v) is 25.5. The number of carbonyl (C=O) groups is 1. The van der Waals surface area contributed by atoms with Gasteiger partial charge in [-0.3, -0.25) is 4.79 Å². The summed E-state index contributed by atoms with van der Waals surface area (Å²) in [6.07, 6.45) is 2.16. The van der Waals surface area contributed by atoms with Crippen LogP contribution in [0, 0.1) is 0 Å². The van der Waals surface area contributed by atoms with E-state index in [1.165, 1.54) is 0 Å². The van der Waals surface area contributed by atoms with E-state index in [2.05, 4.69) is 17.6 Å². The first-order chi connectivity index (χ1) is 20.5. The van der Waals surface area contributed by atoms with Crippen LogP contribution >= 0.6 is 23.4 Å². The van der Waals surface area contributed by atoms with Gasteiger partial charge < -0.3 is 20.1 Å². The minimum Gasteiger partial charge on any atom is -0.492 e. The molecule has 0 radical (unpaired) electrons. The van der Waals surface area contributed by atoms with Gasteiger partial charge in [-0.05, 0) is 56.2 Å². The number of hydrogen-bond donors (Lipinski definition) is 2. The Hall–Kier alpha value is -3.95. The van der Waals surface area contributed by atoms with Crippen LogP contribution in [0.1, 0.15) is 50.8 Å². The lowest BCUT2D eigenvalue weighted by Crippen LogP contribution is -2.31. The highest BCUT2D eigenvalue weighted by molar-refractivity contribution is 7.99. The summed E-state index contributed by atoms with van der Waals surface area (Å²) in [6.45, 7) is 6.76. The van der Waals surface area contributed by atoms with E-state index < -0.39 is 6.04 Å². The van der Waals surface area contributed by atoms with Crippen LogP contribution in [0.4, 0.5) is 11.6 Å². The fourth-order valence-corrected chi connectivity index (χ4v) is 5.80. The molecule has 1 unspecified atom stereocenters. The molecule has 0 saturated heterocycles. The summed E-state index contributed by atoms with van der Waals surface area (Å²) in [5, 5.41) is 12.5. The summed E-state index contributed by atoms with van der Waals surface area (Å²) in [4.78, 5) is 18.7. The number of para-hydroxylation sites is 2. The first kappa shape index (κ1) is 29.5. The number of anilines is 2. The molecule has 0 spiro atoms. The number of rotatable bonds is 12. The maximum atomic E-state index is 14.0. The monoisotopic (exact) mass is 603 g/mol. The quantitative estimate of drug-likeness (QED) is 0.126. The van der Waals surface area contributed by atoms with Crippen LogP contribution in [0.3, 0.4) is 0 Å². The molecule has 1 amide bonds. The lowest BCUT2D eigenvalue weighted by molar-refractivity contribution is -0.113. The van der Waals surface area contributed by atoms with E-state index in [9.17, 15) is 4.79 Å². The summed E-state index contributed by atoms with van der Waals surface area (Å²) < 4.78 is 13.7. The van der Waals surface area contributed by atoms with E-state index in [1.807, 2.05) is 86.6 Å². The lowest BCUT2D eigenvalue weighted by Gasteiger charge is -2.29. The molecular formula is C32H34ClN5O3S. The summed E-state index contributed by atoms with van der Waals surface area (Å²) in [5.74, 6) is 2.51. The van der Waals surface area contributed by atoms with Crippen molar-refractivity contribution in [2.45, 2.75) is 51.4 Å². The van der Waals surface area contributed by atoms with Crippen LogP contribution in [-0.4, -0.2) is 33.0 Å². The zero-order chi connectivity index (χ0) is 29.5. The second kappa shape index (κ2) is 13.8. The average molecular weight is 604 g/mol. The molecule has 8 nitrogen and oxygen atoms in total. The highest BCUT2D eigenvalue weighted by Gasteiger charge is 2.35. The van der Waals surface area contributed by atoms with Gasteiger partial charge in [0.2, 0.25) is 11.1 Å². The predicted molar refractivity (Wildman–Crippen MR) is 169 cm³/mol. The molecule has 0 saturated carbocycles. The van der Waals surface area contributed by atoms with Crippen LogP contribution in [0.5, 0.6) is 11.5 Å². The van der Waals surface area contributed by atoms with Crippen molar-refractivity contribution in [1.29, 1.82) is 0 Å². The van der Waals surface area contributed by atoms with Crippen LogP contribution in [0.25, 0.3) is 0 Å². The molecule has 3 aromatic carbocycles. The molecule has 42 heavy (non-hydrogen) atoms. The largest absolute Gasteiger partial charge is 0.492 e. The molecule has 1 aliphatic rings. The van der Waals surface area contributed by atoms with Crippen molar-refractivity contribution in [2.75, 3.05) is 23.0 Å². The average Bonchev–Trinajstić information content (AvgIpc) is 3.39. The van der Waals surface area contributed by atoms with E-state index in [1.54, 1.807) is 16.4 Å². The Bertz CT molecular complexity index is 1590. The molecular weight excluding hydrogens is 570 g/mol. The molecule has 0 aliphatic carbocycles. The molecule has 2 heterocycles. The fraction of sp³-hybridized carbons (Fsp3) is 0.281. The summed E-state index contributed by atoms with van der Waals surface area (Å²) in [5.41, 5.74) is 3.54. The Kier molecular flexibility index (Phi) is 9.71. The SMILES string of the molecule is CCCCSc1nc2n(n1)C(c1cccc(OCc3ccccc3Cl)c1)C(C(=O)Nc1ccccc1OCC)=C(C)N2. The number of ether oxygens (including phenoxy) is 2. The molecule has 2 N–H and O–H groups in total. The molecule has 5 rings (SSSR count). The second-order valence-electron chi connectivity index (χ2n) is 9.77. The minimum atomic E-state index is -0.544. The van der Waals surface area contributed by atoms with Crippen molar-refractivity contribution in [3.63, 3.8) is 0 Å². The van der Waals surface area contributed by atoms with E-state index >= 15 is 0 Å². The van der Waals surface area contributed by atoms with Gasteiger partial charge in [-0.2, -0.15) is 4.98 Å². The summed E-state index contributed by atoms with van der Waals surface area (Å²) >= 11 is 7.96. The molecule has 0 fully saturated rings. The Morgan fingerprint density at radius 3 is 2.69 bits per heavy atom. The number of benzene rings is 3. The first-order valence-corrected chi connectivity index (χ1v) is 15.4. The lowest BCUT2D eigenvalue weighted by atomic mass is 9.94. The molecule has 1 aliphatic heterocycles. The Morgan fingerprint density at radius 1 is 1.07 bits per heavy atom. The number of allylic oxidation sites excluding steroid dienone is 1. The van der Waals surface area contributed by atoms with E-state index in [4.69, 9.17) is 31.2 Å². The number of hydrogen-bond acceptors (Lipinski definition) is 7. The van der Waals surface area contributed by atoms with Crippen molar-refractivity contribution in [3.8, 4) is 11.5 Å². The topological polar surface area (TPSA) is 90.3 Å². The van der Waals surface area contributed by atoms with Crippen molar-refractivity contribution in [1.82, 2.24) is 14.8 Å². The number of nitrogens with zero attached hydrogens (tertiary/aromatic N) is 3. The third-order valence-electron chi connectivity index (χ3n) is 6.77. The van der Waals surface area contributed by atoms with Gasteiger partial charge in [0.15, 0.2) is 0 Å². The van der Waals surface area contributed by atoms with Crippen LogP contribution in [-0.2, 0) is 11.4 Å². The number of unbranched alkanes of at least 4 members (excludes halogenated alkanes) is 1. The van der Waals surface area contributed by atoms with Gasteiger partial charge in [-0.1, -0.05) is 79.2 Å². The minimum absolute atomic E-state index is 0.263. The third-order valence-corrected chi connectivity index (χ3v) is 8.06. The van der Waals surface area contributed by atoms with Gasteiger partial charge in [0, 0.05) is 22.0 Å². The van der Waals surface area contributed by atoms with E-state index in [0.717, 1.165) is 29.7 Å². The zero-order valence-electron chi connectivity index (χ0n) is 23.9. The highest BCUT2D eigenvalue weighted by Crippen LogP contribution is 2.38. The Morgan fingerprint density at radius 2 is 1.88 bits per heavy atom. The van der Waals surface area contributed by atoms with Gasteiger partial charge in [0.1, 0.15) is 24.1 Å². The number of nitrogens with one attached hydrogen (secondary N) is 2. The maximum absolute atomic E-state index is 14.0. The number of carbonyl (C=O) groups excluding carboxylic acids is 1. The van der Waals surface area contributed by atoms with Crippen molar-refractivity contribution in [3.05, 3.63) is 100 Å². The normalized spacial score (nSPS) is 14.2. The number of amides is 1. The molecule has 218 valence electrons. The smallest absolute Gasteiger partial charge is 0.255 e. The predicted octanol–water partition coefficient (Wildman–Crippen LogP) is 7.73. The summed E-state index contributed by atoms with van der Waals surface area (Å²) in [7, 11) is 0. The molecule has 0 bridgehead atoms. The Balaban J connectivity index is 1.50. The number of halogens is 1. The van der Waals surface area contributed by atoms with Crippen LogP contribution < -0.4 is 20.1 Å². The highest BCUT2D eigenvalue weighted by atomic mass is 35.5.